The van der Waals surface area contributed by atoms with Gasteiger partial charge < -0.3 is 9.47 Å². The molecule has 19 heavy (non-hydrogen) atoms. The lowest BCUT2D eigenvalue weighted by atomic mass is 9.82. The number of hydrogen-bond donors (Lipinski definition) is 0. The molecule has 1 aromatic carbocycles. The van der Waals surface area contributed by atoms with Crippen molar-refractivity contribution in [3.8, 4) is 0 Å². The molecule has 0 aliphatic rings. The Hall–Kier alpha value is -0.860. The maximum absolute atomic E-state index is 4.94. The standard InChI is InChI=1S/C11H16.C6H14O2/c1-4-11(2,3)10-8-6-5-7-9-10;1-5(2)6(7-3)8-4/h5-9H,4H2,1-3H3;5-6H,1-4H3. The van der Waals surface area contributed by atoms with Gasteiger partial charge in [-0.25, -0.2) is 0 Å². The van der Waals surface area contributed by atoms with Gasteiger partial charge in [-0.15, -0.1) is 0 Å². The summed E-state index contributed by atoms with van der Waals surface area (Å²) in [5.41, 5.74) is 1.77. The molecular formula is C17H30O2. The van der Waals surface area contributed by atoms with Crippen molar-refractivity contribution in [3.63, 3.8) is 0 Å². The van der Waals surface area contributed by atoms with Crippen molar-refractivity contribution in [2.75, 3.05) is 14.2 Å². The normalized spacial score (nSPS) is 11.4. The van der Waals surface area contributed by atoms with Gasteiger partial charge in [0.1, 0.15) is 0 Å². The zero-order valence-electron chi connectivity index (χ0n) is 13.6. The van der Waals surface area contributed by atoms with Crippen LogP contribution in [0.15, 0.2) is 30.3 Å². The van der Waals surface area contributed by atoms with Gasteiger partial charge in [-0.2, -0.15) is 0 Å². The van der Waals surface area contributed by atoms with Crippen molar-refractivity contribution in [1.29, 1.82) is 0 Å². The molecule has 0 atom stereocenters. The van der Waals surface area contributed by atoms with E-state index in [1.807, 2.05) is 0 Å². The lowest BCUT2D eigenvalue weighted by molar-refractivity contribution is -0.128. The van der Waals surface area contributed by atoms with Crippen LogP contribution in [-0.2, 0) is 14.9 Å². The van der Waals surface area contributed by atoms with E-state index in [4.69, 9.17) is 9.47 Å². The van der Waals surface area contributed by atoms with Gasteiger partial charge in [-0.1, -0.05) is 65.0 Å². The fourth-order valence-electron chi connectivity index (χ4n) is 1.73. The third kappa shape index (κ3) is 6.74. The Morgan fingerprint density at radius 2 is 1.47 bits per heavy atom. The molecule has 0 fully saturated rings. The van der Waals surface area contributed by atoms with Gasteiger partial charge in [0.05, 0.1) is 0 Å². The molecule has 0 unspecified atom stereocenters. The Kier molecular flexibility index (Phi) is 8.70. The molecule has 2 heteroatoms. The zero-order valence-corrected chi connectivity index (χ0v) is 13.6. The molecule has 0 N–H and O–H groups in total. The highest BCUT2D eigenvalue weighted by atomic mass is 16.7. The van der Waals surface area contributed by atoms with E-state index in [0.29, 0.717) is 11.3 Å². The van der Waals surface area contributed by atoms with Crippen molar-refractivity contribution in [1.82, 2.24) is 0 Å². The van der Waals surface area contributed by atoms with Crippen molar-refractivity contribution in [2.24, 2.45) is 5.92 Å². The van der Waals surface area contributed by atoms with Crippen LogP contribution in [0.2, 0.25) is 0 Å². The Morgan fingerprint density at radius 3 is 1.74 bits per heavy atom. The molecule has 0 aromatic heterocycles. The second-order valence-corrected chi connectivity index (χ2v) is 5.69. The molecule has 0 aliphatic carbocycles. The van der Waals surface area contributed by atoms with Gasteiger partial charge in [-0.3, -0.25) is 0 Å². The molecule has 1 aromatic rings. The molecule has 0 spiro atoms. The summed E-state index contributed by atoms with van der Waals surface area (Å²) in [7, 11) is 3.29. The molecule has 110 valence electrons. The molecule has 0 bridgehead atoms. The van der Waals surface area contributed by atoms with Crippen molar-refractivity contribution in [2.45, 2.75) is 52.7 Å². The lowest BCUT2D eigenvalue weighted by Crippen LogP contribution is -2.19. The van der Waals surface area contributed by atoms with Crippen LogP contribution in [0.4, 0.5) is 0 Å². The number of ether oxygens (including phenoxy) is 2. The summed E-state index contributed by atoms with van der Waals surface area (Å²) < 4.78 is 9.88. The highest BCUT2D eigenvalue weighted by Gasteiger charge is 2.16. The quantitative estimate of drug-likeness (QED) is 0.723. The van der Waals surface area contributed by atoms with E-state index >= 15 is 0 Å². The zero-order chi connectivity index (χ0) is 14.9. The summed E-state index contributed by atoms with van der Waals surface area (Å²) in [5.74, 6) is 0.435. The van der Waals surface area contributed by atoms with Gasteiger partial charge in [0, 0.05) is 20.1 Å². The Balaban J connectivity index is 0.000000362. The van der Waals surface area contributed by atoms with Crippen molar-refractivity contribution < 1.29 is 9.47 Å². The molecule has 2 nitrogen and oxygen atoms in total. The van der Waals surface area contributed by atoms with Gasteiger partial charge >= 0.3 is 0 Å². The first-order valence-electron chi connectivity index (χ1n) is 7.00. The molecule has 1 rings (SSSR count). The van der Waals surface area contributed by atoms with Crippen LogP contribution in [-0.4, -0.2) is 20.5 Å². The fourth-order valence-corrected chi connectivity index (χ4v) is 1.73. The van der Waals surface area contributed by atoms with E-state index in [1.165, 1.54) is 12.0 Å². The molecule has 0 heterocycles. The number of hydrogen-bond acceptors (Lipinski definition) is 2. The van der Waals surface area contributed by atoms with Gasteiger partial charge in [0.25, 0.3) is 0 Å². The predicted molar refractivity (Wildman–Crippen MR) is 82.4 cm³/mol. The summed E-state index contributed by atoms with van der Waals surface area (Å²) in [6.07, 6.45) is 1.15. The SMILES string of the molecule is CCC(C)(C)c1ccccc1.COC(OC)C(C)C. The minimum absolute atomic E-state index is 0.0463. The van der Waals surface area contributed by atoms with E-state index in [9.17, 15) is 0 Å². The second-order valence-electron chi connectivity index (χ2n) is 5.69. The Labute approximate surface area is 119 Å². The average molecular weight is 266 g/mol. The monoisotopic (exact) mass is 266 g/mol. The van der Waals surface area contributed by atoms with E-state index in [-0.39, 0.29) is 6.29 Å². The van der Waals surface area contributed by atoms with E-state index in [1.54, 1.807) is 14.2 Å². The third-order valence-corrected chi connectivity index (χ3v) is 3.45. The number of benzene rings is 1. The Bertz CT molecular complexity index is 313. The first-order chi connectivity index (χ1) is 8.88. The number of rotatable bonds is 5. The maximum atomic E-state index is 4.94. The molecular weight excluding hydrogens is 236 g/mol. The van der Waals surface area contributed by atoms with Crippen LogP contribution in [0.25, 0.3) is 0 Å². The van der Waals surface area contributed by atoms with Crippen LogP contribution >= 0.6 is 0 Å². The van der Waals surface area contributed by atoms with Crippen molar-refractivity contribution >= 4 is 0 Å². The maximum Gasteiger partial charge on any atom is 0.159 e. The smallest absolute Gasteiger partial charge is 0.159 e. The van der Waals surface area contributed by atoms with E-state index in [2.05, 4.69) is 65.0 Å². The summed E-state index contributed by atoms with van der Waals surface area (Å²) in [4.78, 5) is 0. The topological polar surface area (TPSA) is 18.5 Å². The largest absolute Gasteiger partial charge is 0.356 e. The van der Waals surface area contributed by atoms with Gasteiger partial charge in [0.15, 0.2) is 6.29 Å². The molecule has 0 radical (unpaired) electrons. The van der Waals surface area contributed by atoms with Crippen LogP contribution in [0.1, 0.15) is 46.6 Å². The summed E-state index contributed by atoms with van der Waals surface area (Å²) in [6.45, 7) is 10.9. The summed E-state index contributed by atoms with van der Waals surface area (Å²) in [5, 5.41) is 0. The predicted octanol–water partition coefficient (Wildman–Crippen LogP) is 4.64. The fraction of sp³-hybridized carbons (Fsp3) is 0.647. The second kappa shape index (κ2) is 9.11. The highest BCUT2D eigenvalue weighted by Crippen LogP contribution is 2.25. The van der Waals surface area contributed by atoms with Gasteiger partial charge in [0.2, 0.25) is 0 Å². The van der Waals surface area contributed by atoms with Gasteiger partial charge in [-0.05, 0) is 17.4 Å². The van der Waals surface area contributed by atoms with Crippen molar-refractivity contribution in [3.05, 3.63) is 35.9 Å². The minimum atomic E-state index is -0.0463. The average Bonchev–Trinajstić information content (AvgIpc) is 2.41. The van der Waals surface area contributed by atoms with Crippen LogP contribution in [0.5, 0.6) is 0 Å². The lowest BCUT2D eigenvalue weighted by Gasteiger charge is -2.22. The first-order valence-corrected chi connectivity index (χ1v) is 7.00. The minimum Gasteiger partial charge on any atom is -0.356 e. The summed E-state index contributed by atoms with van der Waals surface area (Å²) in [6, 6.07) is 10.7. The van der Waals surface area contributed by atoms with Crippen LogP contribution in [0, 0.1) is 5.92 Å². The molecule has 0 saturated heterocycles. The number of methoxy groups -OCH3 is 2. The first kappa shape index (κ1) is 18.1. The molecule has 0 amide bonds. The van der Waals surface area contributed by atoms with E-state index < -0.39 is 0 Å². The van der Waals surface area contributed by atoms with Crippen LogP contribution in [0.3, 0.4) is 0 Å². The third-order valence-electron chi connectivity index (χ3n) is 3.45. The highest BCUT2D eigenvalue weighted by molar-refractivity contribution is 5.22. The molecule has 0 aliphatic heterocycles. The Morgan fingerprint density at radius 1 is 1.00 bits per heavy atom. The van der Waals surface area contributed by atoms with E-state index in [0.717, 1.165) is 0 Å². The van der Waals surface area contributed by atoms with Crippen LogP contribution < -0.4 is 0 Å². The summed E-state index contributed by atoms with van der Waals surface area (Å²) >= 11 is 0. The molecule has 0 saturated carbocycles.